The molecule has 0 bridgehead atoms. The van der Waals surface area contributed by atoms with Crippen LogP contribution in [0, 0.1) is 24.1 Å². The summed E-state index contributed by atoms with van der Waals surface area (Å²) in [6.45, 7) is 1.73. The molecule has 0 aliphatic carbocycles. The highest BCUT2D eigenvalue weighted by atomic mass is 19.1. The molecule has 7 nitrogen and oxygen atoms in total. The van der Waals surface area contributed by atoms with Crippen molar-refractivity contribution in [2.45, 2.75) is 18.9 Å². The maximum atomic E-state index is 14.1. The maximum absolute atomic E-state index is 14.1. The number of aromatic nitrogens is 1. The van der Waals surface area contributed by atoms with Crippen LogP contribution in [0.1, 0.15) is 22.4 Å². The molecule has 1 unspecified atom stereocenters. The Morgan fingerprint density at radius 1 is 1.19 bits per heavy atom. The van der Waals surface area contributed by atoms with Gasteiger partial charge in [-0.3, -0.25) is 9.59 Å². The Bertz CT molecular complexity index is 1440. The first-order valence-electron chi connectivity index (χ1n) is 9.86. The lowest BCUT2D eigenvalue weighted by Crippen LogP contribution is -2.48. The van der Waals surface area contributed by atoms with E-state index < -0.39 is 22.7 Å². The van der Waals surface area contributed by atoms with E-state index in [1.807, 2.05) is 6.07 Å². The molecular weight excluding hydrogens is 411 g/mol. The summed E-state index contributed by atoms with van der Waals surface area (Å²) in [5.74, 6) is -1.07. The third kappa shape index (κ3) is 2.51. The average Bonchev–Trinajstić information content (AvgIpc) is 2.97. The number of H-pyrrole nitrogens is 1. The Morgan fingerprint density at radius 2 is 1.97 bits per heavy atom. The van der Waals surface area contributed by atoms with Crippen molar-refractivity contribution in [3.63, 3.8) is 0 Å². The van der Waals surface area contributed by atoms with Crippen LogP contribution in [-0.4, -0.2) is 10.9 Å². The first-order valence-corrected chi connectivity index (χ1v) is 9.86. The van der Waals surface area contributed by atoms with E-state index >= 15 is 0 Å². The number of anilines is 1. The first-order chi connectivity index (χ1) is 15.4. The van der Waals surface area contributed by atoms with Gasteiger partial charge in [0.2, 0.25) is 11.8 Å². The van der Waals surface area contributed by atoms with Crippen LogP contribution >= 0.6 is 0 Å². The lowest BCUT2D eigenvalue weighted by Gasteiger charge is -2.33. The molecule has 2 aromatic carbocycles. The monoisotopic (exact) mass is 428 g/mol. The topological polar surface area (TPSA) is 112 Å². The first kappa shape index (κ1) is 19.6. The number of benzene rings is 2. The number of pyridine rings is 1. The lowest BCUT2D eigenvalue weighted by atomic mass is 9.69. The number of rotatable bonds is 2. The number of carbonyl (C=O) groups excluding carboxylic acids is 1. The quantitative estimate of drug-likeness (QED) is 0.652. The molecule has 2 aliphatic heterocycles. The molecule has 1 spiro atoms. The van der Waals surface area contributed by atoms with E-state index in [2.05, 4.69) is 4.98 Å². The fraction of sp³-hybridized carbons (Fsp3) is 0.125. The number of hydrogen-bond acceptors (Lipinski definition) is 5. The number of nitrogens with one attached hydrogen (secondary N) is 1. The van der Waals surface area contributed by atoms with Crippen LogP contribution in [0.4, 0.5) is 10.1 Å². The Morgan fingerprint density at radius 3 is 2.72 bits per heavy atom. The highest BCUT2D eigenvalue weighted by molar-refractivity contribution is 6.14. The summed E-state index contributed by atoms with van der Waals surface area (Å²) < 4.78 is 19.4. The Balaban J connectivity index is 1.82. The van der Waals surface area contributed by atoms with Gasteiger partial charge < -0.3 is 20.4 Å². The third-order valence-corrected chi connectivity index (χ3v) is 5.85. The predicted octanol–water partition coefficient (Wildman–Crippen LogP) is 2.74. The molecule has 1 atom stereocenters. The van der Waals surface area contributed by atoms with Crippen LogP contribution in [0.3, 0.4) is 0 Å². The second-order valence-electron chi connectivity index (χ2n) is 7.76. The Kier molecular flexibility index (Phi) is 4.17. The molecule has 158 valence electrons. The van der Waals surface area contributed by atoms with Gasteiger partial charge in [-0.05, 0) is 30.7 Å². The Labute approximate surface area is 182 Å². The van der Waals surface area contributed by atoms with Crippen molar-refractivity contribution in [3.05, 3.63) is 105 Å². The number of nitrogens with zero attached hydrogens (tertiary/aromatic N) is 2. The van der Waals surface area contributed by atoms with E-state index in [4.69, 9.17) is 10.5 Å². The lowest BCUT2D eigenvalue weighted by molar-refractivity contribution is -0.121. The molecule has 8 heteroatoms. The number of carbonyl (C=O) groups is 1. The number of halogens is 1. The van der Waals surface area contributed by atoms with Crippen molar-refractivity contribution in [1.82, 2.24) is 4.98 Å². The van der Waals surface area contributed by atoms with Crippen molar-refractivity contribution in [2.75, 3.05) is 4.90 Å². The molecule has 3 heterocycles. The molecule has 32 heavy (non-hydrogen) atoms. The van der Waals surface area contributed by atoms with Gasteiger partial charge in [-0.1, -0.05) is 30.3 Å². The number of hydrogen-bond donors (Lipinski definition) is 2. The summed E-state index contributed by atoms with van der Waals surface area (Å²) in [5, 5.41) is 10.0. The van der Waals surface area contributed by atoms with Gasteiger partial charge >= 0.3 is 0 Å². The van der Waals surface area contributed by atoms with Gasteiger partial charge in [0, 0.05) is 23.0 Å². The highest BCUT2D eigenvalue weighted by Gasteiger charge is 2.60. The van der Waals surface area contributed by atoms with Crippen molar-refractivity contribution in [1.29, 1.82) is 5.26 Å². The third-order valence-electron chi connectivity index (χ3n) is 5.85. The molecule has 0 fully saturated rings. The van der Waals surface area contributed by atoms with Crippen LogP contribution in [0.25, 0.3) is 0 Å². The molecule has 3 N–H and O–H groups in total. The number of nitriles is 1. The number of aryl methyl sites for hydroxylation is 1. The van der Waals surface area contributed by atoms with Gasteiger partial charge in [0.05, 0.1) is 12.1 Å². The second-order valence-corrected chi connectivity index (χ2v) is 7.76. The number of ether oxygens (including phenoxy) is 1. The van der Waals surface area contributed by atoms with E-state index in [0.29, 0.717) is 22.5 Å². The molecule has 2 aliphatic rings. The minimum atomic E-state index is -1.77. The number of fused-ring (bicyclic) bond motifs is 4. The van der Waals surface area contributed by atoms with Gasteiger partial charge in [-0.15, -0.1) is 0 Å². The van der Waals surface area contributed by atoms with Gasteiger partial charge in [0.15, 0.2) is 5.41 Å². The minimum Gasteiger partial charge on any atom is -0.440 e. The largest absolute Gasteiger partial charge is 0.440 e. The van der Waals surface area contributed by atoms with Crippen molar-refractivity contribution in [2.24, 2.45) is 5.73 Å². The maximum Gasteiger partial charge on any atom is 0.256 e. The molecule has 1 amide bonds. The fourth-order valence-electron chi connectivity index (χ4n) is 4.62. The summed E-state index contributed by atoms with van der Waals surface area (Å²) in [6.07, 6.45) is 0. The van der Waals surface area contributed by atoms with Gasteiger partial charge in [0.25, 0.3) is 5.56 Å². The zero-order valence-corrected chi connectivity index (χ0v) is 17.0. The van der Waals surface area contributed by atoms with Crippen LogP contribution in [0.5, 0.6) is 5.75 Å². The molecular formula is C24H17FN4O3. The zero-order valence-electron chi connectivity index (χ0n) is 17.0. The van der Waals surface area contributed by atoms with Crippen molar-refractivity contribution >= 4 is 11.6 Å². The second kappa shape index (κ2) is 6.82. The van der Waals surface area contributed by atoms with Gasteiger partial charge in [-0.25, -0.2) is 4.39 Å². The number of amides is 1. The number of aromatic amines is 1. The normalized spacial score (nSPS) is 18.9. The molecule has 0 saturated heterocycles. The summed E-state index contributed by atoms with van der Waals surface area (Å²) >= 11 is 0. The Hall–Kier alpha value is -4.38. The van der Waals surface area contributed by atoms with Gasteiger partial charge in [0.1, 0.15) is 23.2 Å². The summed E-state index contributed by atoms with van der Waals surface area (Å²) in [7, 11) is 0. The molecule has 1 aromatic heterocycles. The predicted molar refractivity (Wildman–Crippen MR) is 114 cm³/mol. The summed E-state index contributed by atoms with van der Waals surface area (Å²) in [5.41, 5.74) is 5.68. The molecule has 3 aromatic rings. The summed E-state index contributed by atoms with van der Waals surface area (Å²) in [4.78, 5) is 31.4. The van der Waals surface area contributed by atoms with Crippen LogP contribution in [-0.2, 0) is 16.8 Å². The van der Waals surface area contributed by atoms with Crippen molar-refractivity contribution < 1.29 is 13.9 Å². The smallest absolute Gasteiger partial charge is 0.256 e. The molecule has 5 rings (SSSR count). The van der Waals surface area contributed by atoms with E-state index in [1.165, 1.54) is 17.0 Å². The van der Waals surface area contributed by atoms with Crippen LogP contribution in [0.15, 0.2) is 70.8 Å². The van der Waals surface area contributed by atoms with Gasteiger partial charge in [-0.2, -0.15) is 5.26 Å². The van der Waals surface area contributed by atoms with Crippen LogP contribution < -0.4 is 20.9 Å². The number of para-hydroxylation sites is 1. The van der Waals surface area contributed by atoms with Crippen LogP contribution in [0.2, 0.25) is 0 Å². The van der Waals surface area contributed by atoms with E-state index in [9.17, 15) is 19.2 Å². The van der Waals surface area contributed by atoms with E-state index in [1.54, 1.807) is 49.4 Å². The molecule has 0 saturated carbocycles. The van der Waals surface area contributed by atoms with E-state index in [-0.39, 0.29) is 29.3 Å². The fourth-order valence-corrected chi connectivity index (χ4v) is 4.62. The summed E-state index contributed by atoms with van der Waals surface area (Å²) in [6, 6.07) is 16.4. The SMILES string of the molecule is Cc1cc2c(c(=O)[nH]1)C1(C(=O)N(Cc3cccc(F)c3)c3ccccc31)C(C#N)=C(N)O2. The average molecular weight is 428 g/mol. The standard InChI is InChI=1S/C24H17FN4O3/c1-13-9-19-20(22(30)28-13)24(17(11-26)21(27)32-19)16-7-2-3-8-18(16)29(23(24)31)12-14-5-4-6-15(25)10-14/h2-10H,12,27H2,1H3,(H,28,30). The number of nitrogens with two attached hydrogens (primary N) is 1. The highest BCUT2D eigenvalue weighted by Crippen LogP contribution is 2.54. The minimum absolute atomic E-state index is 0.00745. The van der Waals surface area contributed by atoms with Crippen molar-refractivity contribution in [3.8, 4) is 11.8 Å². The molecule has 0 radical (unpaired) electrons. The van der Waals surface area contributed by atoms with E-state index in [0.717, 1.165) is 0 Å². The zero-order chi connectivity index (χ0) is 22.6.